The molecule has 1 aliphatic rings. The summed E-state index contributed by atoms with van der Waals surface area (Å²) in [4.78, 5) is 14.1. The van der Waals surface area contributed by atoms with E-state index in [1.807, 2.05) is 37.3 Å². The predicted octanol–water partition coefficient (Wildman–Crippen LogP) is 4.94. The number of hydrogen-bond acceptors (Lipinski definition) is 4. The van der Waals surface area contributed by atoms with Crippen molar-refractivity contribution < 1.29 is 4.79 Å². The highest BCUT2D eigenvalue weighted by Crippen LogP contribution is 2.28. The molecule has 144 valence electrons. The lowest BCUT2D eigenvalue weighted by Gasteiger charge is -2.29. The van der Waals surface area contributed by atoms with Crippen LogP contribution in [0.2, 0.25) is 5.02 Å². The van der Waals surface area contributed by atoms with Crippen LogP contribution in [-0.2, 0) is 0 Å². The SMILES string of the molecule is CC(NC(=O)c1cc(NC2CNC2)ccc1Cl)c1cccc(-c2cccs2)c1. The molecule has 0 saturated carbocycles. The third kappa shape index (κ3) is 4.22. The average Bonchev–Trinajstić information content (AvgIpc) is 3.20. The molecule has 1 aliphatic heterocycles. The molecule has 4 rings (SSSR count). The lowest BCUT2D eigenvalue weighted by molar-refractivity contribution is 0.0940. The van der Waals surface area contributed by atoms with E-state index in [-0.39, 0.29) is 11.9 Å². The first-order chi connectivity index (χ1) is 13.6. The molecule has 1 atom stereocenters. The summed E-state index contributed by atoms with van der Waals surface area (Å²) in [5.74, 6) is -0.172. The molecule has 1 aromatic heterocycles. The van der Waals surface area contributed by atoms with Crippen LogP contribution in [0.15, 0.2) is 60.0 Å². The Morgan fingerprint density at radius 2 is 2.04 bits per heavy atom. The van der Waals surface area contributed by atoms with Crippen LogP contribution >= 0.6 is 22.9 Å². The summed E-state index contributed by atoms with van der Waals surface area (Å²) in [6.45, 7) is 3.85. The monoisotopic (exact) mass is 411 g/mol. The van der Waals surface area contributed by atoms with Crippen LogP contribution in [0.5, 0.6) is 0 Å². The number of thiophene rings is 1. The topological polar surface area (TPSA) is 53.2 Å². The van der Waals surface area contributed by atoms with Crippen molar-refractivity contribution >= 4 is 34.5 Å². The second-order valence-electron chi connectivity index (χ2n) is 6.99. The van der Waals surface area contributed by atoms with Gasteiger partial charge in [-0.05, 0) is 53.8 Å². The number of amides is 1. The average molecular weight is 412 g/mol. The molecule has 1 fully saturated rings. The van der Waals surface area contributed by atoms with E-state index in [9.17, 15) is 4.79 Å². The van der Waals surface area contributed by atoms with Crippen molar-refractivity contribution in [1.82, 2.24) is 10.6 Å². The zero-order valence-corrected chi connectivity index (χ0v) is 17.1. The van der Waals surface area contributed by atoms with Crippen molar-refractivity contribution in [3.05, 3.63) is 76.1 Å². The third-order valence-corrected chi connectivity index (χ3v) is 6.15. The Kier molecular flexibility index (Phi) is 5.67. The zero-order chi connectivity index (χ0) is 19.5. The van der Waals surface area contributed by atoms with Crippen LogP contribution in [0.25, 0.3) is 10.4 Å². The Bertz CT molecular complexity index is 970. The van der Waals surface area contributed by atoms with E-state index in [1.54, 1.807) is 17.4 Å². The second kappa shape index (κ2) is 8.35. The van der Waals surface area contributed by atoms with Gasteiger partial charge < -0.3 is 16.0 Å². The van der Waals surface area contributed by atoms with Crippen LogP contribution in [0.1, 0.15) is 28.9 Å². The van der Waals surface area contributed by atoms with Gasteiger partial charge in [0, 0.05) is 23.7 Å². The molecular formula is C22H22ClN3OS. The van der Waals surface area contributed by atoms with Crippen molar-refractivity contribution in [2.24, 2.45) is 0 Å². The molecule has 1 saturated heterocycles. The van der Waals surface area contributed by atoms with Crippen LogP contribution in [0, 0.1) is 0 Å². The van der Waals surface area contributed by atoms with Crippen molar-refractivity contribution in [2.75, 3.05) is 18.4 Å². The molecule has 4 nitrogen and oxygen atoms in total. The van der Waals surface area contributed by atoms with Gasteiger partial charge >= 0.3 is 0 Å². The zero-order valence-electron chi connectivity index (χ0n) is 15.5. The summed E-state index contributed by atoms with van der Waals surface area (Å²) >= 11 is 8.00. The van der Waals surface area contributed by atoms with Crippen LogP contribution in [-0.4, -0.2) is 25.0 Å². The molecule has 0 bridgehead atoms. The lowest BCUT2D eigenvalue weighted by atomic mass is 10.0. The lowest BCUT2D eigenvalue weighted by Crippen LogP contribution is -2.51. The molecule has 6 heteroatoms. The first-order valence-corrected chi connectivity index (χ1v) is 10.6. The fourth-order valence-electron chi connectivity index (χ4n) is 3.18. The minimum Gasteiger partial charge on any atom is -0.380 e. The van der Waals surface area contributed by atoms with Crippen LogP contribution in [0.3, 0.4) is 0 Å². The van der Waals surface area contributed by atoms with E-state index in [4.69, 9.17) is 11.6 Å². The normalized spacial score (nSPS) is 14.9. The second-order valence-corrected chi connectivity index (χ2v) is 8.35. The summed E-state index contributed by atoms with van der Waals surface area (Å²) < 4.78 is 0. The number of rotatable bonds is 6. The molecule has 2 heterocycles. The van der Waals surface area contributed by atoms with Gasteiger partial charge in [0.2, 0.25) is 0 Å². The van der Waals surface area contributed by atoms with Gasteiger partial charge in [-0.15, -0.1) is 11.3 Å². The Balaban J connectivity index is 1.48. The number of carbonyl (C=O) groups is 1. The Morgan fingerprint density at radius 3 is 2.75 bits per heavy atom. The van der Waals surface area contributed by atoms with Crippen molar-refractivity contribution in [3.63, 3.8) is 0 Å². The van der Waals surface area contributed by atoms with E-state index in [1.165, 1.54) is 4.88 Å². The molecular weight excluding hydrogens is 390 g/mol. The summed E-state index contributed by atoms with van der Waals surface area (Å²) in [7, 11) is 0. The van der Waals surface area contributed by atoms with Crippen molar-refractivity contribution in [2.45, 2.75) is 19.0 Å². The smallest absolute Gasteiger partial charge is 0.253 e. The molecule has 0 radical (unpaired) electrons. The van der Waals surface area contributed by atoms with Gasteiger partial charge in [0.05, 0.1) is 22.7 Å². The van der Waals surface area contributed by atoms with Gasteiger partial charge in [-0.25, -0.2) is 0 Å². The first kappa shape index (κ1) is 19.0. The Labute approximate surface area is 173 Å². The van der Waals surface area contributed by atoms with Gasteiger partial charge in [-0.1, -0.05) is 35.9 Å². The summed E-state index contributed by atoms with van der Waals surface area (Å²) in [6, 6.07) is 18.2. The van der Waals surface area contributed by atoms with E-state index >= 15 is 0 Å². The molecule has 3 N–H and O–H groups in total. The summed E-state index contributed by atoms with van der Waals surface area (Å²) in [5, 5.41) is 12.2. The third-order valence-electron chi connectivity index (χ3n) is 4.90. The number of nitrogens with one attached hydrogen (secondary N) is 3. The quantitative estimate of drug-likeness (QED) is 0.538. The Morgan fingerprint density at radius 1 is 1.18 bits per heavy atom. The van der Waals surface area contributed by atoms with Gasteiger partial charge in [0.25, 0.3) is 5.91 Å². The maximum Gasteiger partial charge on any atom is 0.253 e. The van der Waals surface area contributed by atoms with Crippen molar-refractivity contribution in [1.29, 1.82) is 0 Å². The number of hydrogen-bond donors (Lipinski definition) is 3. The van der Waals surface area contributed by atoms with Crippen molar-refractivity contribution in [3.8, 4) is 10.4 Å². The minimum absolute atomic E-state index is 0.129. The predicted molar refractivity (Wildman–Crippen MR) is 117 cm³/mol. The molecule has 0 spiro atoms. The molecule has 28 heavy (non-hydrogen) atoms. The first-order valence-electron chi connectivity index (χ1n) is 9.31. The van der Waals surface area contributed by atoms with E-state index in [2.05, 4.69) is 39.5 Å². The van der Waals surface area contributed by atoms with Crippen LogP contribution < -0.4 is 16.0 Å². The highest BCUT2D eigenvalue weighted by Gasteiger charge is 2.19. The molecule has 1 unspecified atom stereocenters. The minimum atomic E-state index is -0.172. The van der Waals surface area contributed by atoms with Gasteiger partial charge in [0.15, 0.2) is 0 Å². The number of anilines is 1. The maximum atomic E-state index is 12.9. The summed E-state index contributed by atoms with van der Waals surface area (Å²) in [6.07, 6.45) is 0. The standard InChI is InChI=1S/C22H22ClN3OS/c1-14(15-4-2-5-16(10-15)21-6-3-9-28-21)25-22(27)19-11-17(7-8-20(19)23)26-18-12-24-13-18/h2-11,14,18,24,26H,12-13H2,1H3,(H,25,27). The van der Waals surface area contributed by atoms with Gasteiger partial charge in [-0.3, -0.25) is 4.79 Å². The van der Waals surface area contributed by atoms with Crippen LogP contribution in [0.4, 0.5) is 5.69 Å². The maximum absolute atomic E-state index is 12.9. The Hall–Kier alpha value is -2.34. The fourth-order valence-corrected chi connectivity index (χ4v) is 4.10. The molecule has 2 aromatic carbocycles. The van der Waals surface area contributed by atoms with Gasteiger partial charge in [0.1, 0.15) is 0 Å². The molecule has 0 aliphatic carbocycles. The van der Waals surface area contributed by atoms with E-state index < -0.39 is 0 Å². The number of benzene rings is 2. The number of halogens is 1. The fraction of sp³-hybridized carbons (Fsp3) is 0.227. The largest absolute Gasteiger partial charge is 0.380 e. The summed E-state index contributed by atoms with van der Waals surface area (Å²) in [5.41, 5.74) is 3.62. The molecule has 3 aromatic rings. The highest BCUT2D eigenvalue weighted by molar-refractivity contribution is 7.13. The van der Waals surface area contributed by atoms with Gasteiger partial charge in [-0.2, -0.15) is 0 Å². The molecule has 1 amide bonds. The number of carbonyl (C=O) groups excluding carboxylic acids is 1. The van der Waals surface area contributed by atoms with E-state index in [0.29, 0.717) is 16.6 Å². The van der Waals surface area contributed by atoms with E-state index in [0.717, 1.165) is 29.9 Å². The highest BCUT2D eigenvalue weighted by atomic mass is 35.5.